The molecular weight excluding hydrogens is 478 g/mol. The Labute approximate surface area is 214 Å². The summed E-state index contributed by atoms with van der Waals surface area (Å²) >= 11 is 0. The highest BCUT2D eigenvalue weighted by Gasteiger charge is 2.26. The van der Waals surface area contributed by atoms with Crippen LogP contribution in [0, 0.1) is 0 Å². The van der Waals surface area contributed by atoms with E-state index in [0.29, 0.717) is 0 Å². The molecule has 0 aliphatic heterocycles. The molecule has 1 atom stereocenters. The van der Waals surface area contributed by atoms with Crippen molar-refractivity contribution < 1.29 is 28.7 Å². The lowest BCUT2D eigenvalue weighted by atomic mass is 10.0. The summed E-state index contributed by atoms with van der Waals surface area (Å²) < 4.78 is 10.1. The zero-order valence-electron chi connectivity index (χ0n) is 20.9. The van der Waals surface area contributed by atoms with Gasteiger partial charge in [-0.1, -0.05) is 48.5 Å². The molecule has 196 valence electrons. The lowest BCUT2D eigenvalue weighted by molar-refractivity contribution is -0.124. The number of para-hydroxylation sites is 1. The number of hydrazine groups is 1. The zero-order valence-corrected chi connectivity index (χ0v) is 20.9. The van der Waals surface area contributed by atoms with E-state index in [4.69, 9.17) is 9.47 Å². The van der Waals surface area contributed by atoms with Crippen LogP contribution in [0.25, 0.3) is 10.9 Å². The first-order chi connectivity index (χ1) is 17.6. The van der Waals surface area contributed by atoms with Crippen molar-refractivity contribution in [3.63, 3.8) is 0 Å². The Balaban J connectivity index is 1.53. The smallest absolute Gasteiger partial charge is 0.426 e. The molecule has 0 saturated carbocycles. The minimum atomic E-state index is -1.08. The molecule has 0 saturated heterocycles. The fourth-order valence-electron chi connectivity index (χ4n) is 3.39. The summed E-state index contributed by atoms with van der Waals surface area (Å²) in [6.07, 6.45) is 0.0435. The van der Waals surface area contributed by atoms with E-state index in [9.17, 15) is 19.2 Å². The van der Waals surface area contributed by atoms with Gasteiger partial charge in [-0.2, -0.15) is 0 Å². The van der Waals surface area contributed by atoms with Crippen molar-refractivity contribution in [3.05, 3.63) is 71.9 Å². The van der Waals surface area contributed by atoms with Gasteiger partial charge in [0.15, 0.2) is 6.61 Å². The van der Waals surface area contributed by atoms with Gasteiger partial charge in [0.05, 0.1) is 0 Å². The number of aromatic nitrogens is 1. The first kappa shape index (κ1) is 27.1. The van der Waals surface area contributed by atoms with Crippen molar-refractivity contribution >= 4 is 34.9 Å². The van der Waals surface area contributed by atoms with Gasteiger partial charge in [0.25, 0.3) is 11.8 Å². The zero-order chi connectivity index (χ0) is 26.8. The summed E-state index contributed by atoms with van der Waals surface area (Å²) in [6, 6.07) is 15.7. The summed E-state index contributed by atoms with van der Waals surface area (Å²) in [5.74, 6) is -1.21. The average molecular weight is 510 g/mol. The van der Waals surface area contributed by atoms with Crippen LogP contribution in [-0.2, 0) is 32.0 Å². The van der Waals surface area contributed by atoms with Gasteiger partial charge in [0.2, 0.25) is 0 Å². The van der Waals surface area contributed by atoms with Gasteiger partial charge in [-0.3, -0.25) is 15.0 Å². The van der Waals surface area contributed by atoms with Gasteiger partial charge in [-0.25, -0.2) is 15.0 Å². The molecule has 3 aromatic rings. The molecule has 0 spiro atoms. The number of aromatic amines is 1. The number of carbonyl (C=O) groups is 4. The van der Waals surface area contributed by atoms with Crippen molar-refractivity contribution in [1.29, 1.82) is 0 Å². The van der Waals surface area contributed by atoms with E-state index in [2.05, 4.69) is 26.5 Å². The minimum absolute atomic E-state index is 0.119. The summed E-state index contributed by atoms with van der Waals surface area (Å²) in [5, 5.41) is 6.05. The van der Waals surface area contributed by atoms with Crippen LogP contribution < -0.4 is 21.5 Å². The van der Waals surface area contributed by atoms with E-state index in [1.165, 1.54) is 0 Å². The predicted molar refractivity (Wildman–Crippen MR) is 136 cm³/mol. The SMILES string of the molecule is CC(C)(C)OC(=O)N[C@@H](Cc1c[nH]c2ccccc12)C(=O)NNC(=O)OCC(=O)NCc1ccccc1. The van der Waals surface area contributed by atoms with Gasteiger partial charge >= 0.3 is 12.2 Å². The molecule has 11 nitrogen and oxygen atoms in total. The van der Waals surface area contributed by atoms with Gasteiger partial charge in [0.1, 0.15) is 11.6 Å². The number of rotatable bonds is 8. The first-order valence-corrected chi connectivity index (χ1v) is 11.7. The van der Waals surface area contributed by atoms with Crippen LogP contribution >= 0.6 is 0 Å². The Hall–Kier alpha value is -4.54. The minimum Gasteiger partial charge on any atom is -0.444 e. The number of H-pyrrole nitrogens is 1. The Kier molecular flexibility index (Phi) is 9.09. The summed E-state index contributed by atoms with van der Waals surface area (Å²) in [7, 11) is 0. The second-order valence-corrected chi connectivity index (χ2v) is 9.22. The Morgan fingerprint density at radius 2 is 1.62 bits per heavy atom. The van der Waals surface area contributed by atoms with Crippen molar-refractivity contribution in [2.24, 2.45) is 0 Å². The monoisotopic (exact) mass is 509 g/mol. The fraction of sp³-hybridized carbons (Fsp3) is 0.308. The number of benzene rings is 2. The molecule has 5 N–H and O–H groups in total. The molecule has 11 heteroatoms. The van der Waals surface area contributed by atoms with Crippen LogP contribution in [0.1, 0.15) is 31.9 Å². The van der Waals surface area contributed by atoms with Crippen molar-refractivity contribution in [1.82, 2.24) is 26.5 Å². The molecule has 4 amide bonds. The lowest BCUT2D eigenvalue weighted by Gasteiger charge is -2.23. The Bertz CT molecular complexity index is 1230. The number of alkyl carbamates (subject to hydrolysis) is 1. The Morgan fingerprint density at radius 1 is 0.919 bits per heavy atom. The fourth-order valence-corrected chi connectivity index (χ4v) is 3.39. The predicted octanol–water partition coefficient (Wildman–Crippen LogP) is 2.68. The maximum absolute atomic E-state index is 12.9. The molecule has 1 aromatic heterocycles. The number of amides is 4. The third kappa shape index (κ3) is 8.88. The summed E-state index contributed by atoms with van der Waals surface area (Å²) in [5.41, 5.74) is 6.09. The van der Waals surface area contributed by atoms with E-state index in [1.807, 2.05) is 54.6 Å². The summed E-state index contributed by atoms with van der Waals surface area (Å²) in [6.45, 7) is 4.86. The molecule has 37 heavy (non-hydrogen) atoms. The van der Waals surface area contributed by atoms with Crippen LogP contribution in [0.2, 0.25) is 0 Å². The standard InChI is InChI=1S/C26H31N5O6/c1-26(2,3)37-24(34)29-21(13-18-15-27-20-12-8-7-11-19(18)20)23(33)30-31-25(35)36-16-22(32)28-14-17-9-5-4-6-10-17/h4-12,15,21,27H,13-14,16H2,1-3H3,(H,28,32)(H,29,34)(H,30,33)(H,31,35)/t21-/m0/s1. The van der Waals surface area contributed by atoms with E-state index in [0.717, 1.165) is 22.0 Å². The van der Waals surface area contributed by atoms with Gasteiger partial charge in [-0.05, 0) is 38.0 Å². The number of hydrogen-bond acceptors (Lipinski definition) is 6. The van der Waals surface area contributed by atoms with Crippen molar-refractivity contribution in [2.75, 3.05) is 6.61 Å². The van der Waals surface area contributed by atoms with Crippen LogP contribution in [0.3, 0.4) is 0 Å². The first-order valence-electron chi connectivity index (χ1n) is 11.7. The molecule has 0 unspecified atom stereocenters. The highest BCUT2D eigenvalue weighted by Crippen LogP contribution is 2.19. The third-order valence-electron chi connectivity index (χ3n) is 5.06. The van der Waals surface area contributed by atoms with Gasteiger partial charge < -0.3 is 25.1 Å². The van der Waals surface area contributed by atoms with E-state index >= 15 is 0 Å². The normalized spacial score (nSPS) is 11.8. The van der Waals surface area contributed by atoms with Crippen LogP contribution in [-0.4, -0.2) is 47.2 Å². The molecule has 0 fully saturated rings. The molecule has 1 heterocycles. The molecule has 0 radical (unpaired) electrons. The lowest BCUT2D eigenvalue weighted by Crippen LogP contribution is -2.54. The second-order valence-electron chi connectivity index (χ2n) is 9.22. The largest absolute Gasteiger partial charge is 0.444 e. The number of hydrogen-bond donors (Lipinski definition) is 5. The van der Waals surface area contributed by atoms with Crippen molar-refractivity contribution in [3.8, 4) is 0 Å². The van der Waals surface area contributed by atoms with E-state index < -0.39 is 42.3 Å². The van der Waals surface area contributed by atoms with Crippen LogP contribution in [0.5, 0.6) is 0 Å². The highest BCUT2D eigenvalue weighted by molar-refractivity contribution is 5.89. The quantitative estimate of drug-likeness (QED) is 0.295. The Morgan fingerprint density at radius 3 is 2.35 bits per heavy atom. The van der Waals surface area contributed by atoms with Gasteiger partial charge in [0, 0.05) is 30.1 Å². The molecule has 2 aromatic carbocycles. The van der Waals surface area contributed by atoms with Gasteiger partial charge in [-0.15, -0.1) is 0 Å². The average Bonchev–Trinajstić information content (AvgIpc) is 3.26. The number of nitrogens with one attached hydrogen (secondary N) is 5. The number of fused-ring (bicyclic) bond motifs is 1. The molecule has 0 bridgehead atoms. The molecule has 0 aliphatic rings. The maximum Gasteiger partial charge on any atom is 0.426 e. The maximum atomic E-state index is 12.9. The second kappa shape index (κ2) is 12.4. The number of carbonyl (C=O) groups excluding carboxylic acids is 4. The third-order valence-corrected chi connectivity index (χ3v) is 5.06. The molecular formula is C26H31N5O6. The summed E-state index contributed by atoms with van der Waals surface area (Å²) in [4.78, 5) is 52.3. The molecule has 0 aliphatic carbocycles. The topological polar surface area (TPSA) is 151 Å². The van der Waals surface area contributed by atoms with E-state index in [1.54, 1.807) is 27.0 Å². The highest BCUT2D eigenvalue weighted by atomic mass is 16.6. The molecule has 3 rings (SSSR count). The van der Waals surface area contributed by atoms with Crippen LogP contribution in [0.4, 0.5) is 9.59 Å². The van der Waals surface area contributed by atoms with Crippen molar-refractivity contribution in [2.45, 2.75) is 45.4 Å². The van der Waals surface area contributed by atoms with Crippen LogP contribution in [0.15, 0.2) is 60.8 Å². The number of ether oxygens (including phenoxy) is 2. The van der Waals surface area contributed by atoms with E-state index in [-0.39, 0.29) is 13.0 Å².